The molecule has 66 valence electrons. The summed E-state index contributed by atoms with van der Waals surface area (Å²) in [5, 5.41) is 3.46. The van der Waals surface area contributed by atoms with Crippen LogP contribution in [0.2, 0.25) is 5.02 Å². The second kappa shape index (κ2) is 4.28. The van der Waals surface area contributed by atoms with E-state index >= 15 is 0 Å². The van der Waals surface area contributed by atoms with Crippen LogP contribution in [0, 0.1) is 0 Å². The molecule has 0 heterocycles. The van der Waals surface area contributed by atoms with Gasteiger partial charge in [-0.05, 0) is 44.8 Å². The summed E-state index contributed by atoms with van der Waals surface area (Å²) in [6.07, 6.45) is 0. The predicted octanol–water partition coefficient (Wildman–Crippen LogP) is 3.55. The average molecular weight is 260 g/mol. The molecule has 1 rings (SSSR count). The normalized spacial score (nSPS) is 9.08. The lowest BCUT2D eigenvalue weighted by molar-refractivity contribution is 0.0999. The van der Waals surface area contributed by atoms with Crippen molar-refractivity contribution in [2.75, 3.05) is 0 Å². The summed E-state index contributed by atoms with van der Waals surface area (Å²) in [5.41, 5.74) is 8.33. The highest BCUT2D eigenvalue weighted by molar-refractivity contribution is 9.10. The van der Waals surface area contributed by atoms with Crippen molar-refractivity contribution in [2.24, 2.45) is 5.11 Å². The van der Waals surface area contributed by atoms with Crippen LogP contribution >= 0.6 is 27.5 Å². The van der Waals surface area contributed by atoms with E-state index in [9.17, 15) is 4.79 Å². The van der Waals surface area contributed by atoms with Crippen molar-refractivity contribution in [1.82, 2.24) is 0 Å². The predicted molar refractivity (Wildman–Crippen MR) is 52.6 cm³/mol. The minimum Gasteiger partial charge on any atom is -0.287 e. The lowest BCUT2D eigenvalue weighted by atomic mass is 10.2. The van der Waals surface area contributed by atoms with E-state index in [-0.39, 0.29) is 0 Å². The van der Waals surface area contributed by atoms with E-state index in [1.807, 2.05) is 0 Å². The Labute approximate surface area is 87.3 Å². The van der Waals surface area contributed by atoms with Crippen LogP contribution in [0.15, 0.2) is 27.8 Å². The molecule has 13 heavy (non-hydrogen) atoms. The molecule has 0 aliphatic rings. The average Bonchev–Trinajstić information content (AvgIpc) is 2.04. The van der Waals surface area contributed by atoms with Gasteiger partial charge in [0.15, 0.2) is 0 Å². The lowest BCUT2D eigenvalue weighted by Gasteiger charge is -1.98. The number of hydrogen-bond donors (Lipinski definition) is 0. The fourth-order valence-electron chi connectivity index (χ4n) is 0.757. The summed E-state index contributed by atoms with van der Waals surface area (Å²) >= 11 is 8.78. The summed E-state index contributed by atoms with van der Waals surface area (Å²) in [5.74, 6) is -0.633. The third kappa shape index (κ3) is 2.45. The van der Waals surface area contributed by atoms with Crippen LogP contribution in [0.25, 0.3) is 10.4 Å². The molecule has 0 fully saturated rings. The topological polar surface area (TPSA) is 65.8 Å². The van der Waals surface area contributed by atoms with Gasteiger partial charge in [0.1, 0.15) is 0 Å². The minimum absolute atomic E-state index is 0.294. The number of carbonyl (C=O) groups excluding carboxylic acids is 1. The van der Waals surface area contributed by atoms with Gasteiger partial charge in [-0.2, -0.15) is 0 Å². The zero-order chi connectivity index (χ0) is 9.84. The first-order chi connectivity index (χ1) is 6.15. The molecule has 0 unspecified atom stereocenters. The Bertz CT molecular complexity index is 401. The van der Waals surface area contributed by atoms with E-state index in [4.69, 9.17) is 17.1 Å². The summed E-state index contributed by atoms with van der Waals surface area (Å²) in [7, 11) is 0. The molecule has 0 aliphatic heterocycles. The van der Waals surface area contributed by atoms with Crippen LogP contribution < -0.4 is 0 Å². The van der Waals surface area contributed by atoms with Gasteiger partial charge in [-0.15, -0.1) is 0 Å². The molecule has 0 N–H and O–H groups in total. The molecule has 0 aromatic heterocycles. The standard InChI is InChI=1S/C7H3BrClN3O/c8-6-3-4(9)1-2-5(6)7(13)11-12-10/h1-3H. The van der Waals surface area contributed by atoms with Gasteiger partial charge >= 0.3 is 0 Å². The number of rotatable bonds is 1. The largest absolute Gasteiger partial charge is 0.287 e. The summed E-state index contributed by atoms with van der Waals surface area (Å²) in [6, 6.07) is 4.59. The summed E-state index contributed by atoms with van der Waals surface area (Å²) in [4.78, 5) is 13.5. The Morgan fingerprint density at radius 3 is 2.85 bits per heavy atom. The molecule has 0 saturated carbocycles. The van der Waals surface area contributed by atoms with E-state index in [0.29, 0.717) is 15.1 Å². The maximum absolute atomic E-state index is 11.1. The van der Waals surface area contributed by atoms with Crippen molar-refractivity contribution in [2.45, 2.75) is 0 Å². The monoisotopic (exact) mass is 259 g/mol. The van der Waals surface area contributed by atoms with E-state index in [1.54, 1.807) is 12.1 Å². The molecule has 0 atom stereocenters. The fraction of sp³-hybridized carbons (Fsp3) is 0. The molecule has 0 bridgehead atoms. The van der Waals surface area contributed by atoms with Gasteiger partial charge < -0.3 is 0 Å². The molecule has 4 nitrogen and oxygen atoms in total. The molecular formula is C7H3BrClN3O. The highest BCUT2D eigenvalue weighted by Crippen LogP contribution is 2.22. The van der Waals surface area contributed by atoms with Crippen LogP contribution in [0.3, 0.4) is 0 Å². The zero-order valence-corrected chi connectivity index (χ0v) is 8.58. The molecule has 1 aromatic carbocycles. The number of halogens is 2. The van der Waals surface area contributed by atoms with Gasteiger partial charge in [-0.3, -0.25) is 4.79 Å². The quantitative estimate of drug-likeness (QED) is 0.432. The summed E-state index contributed by atoms with van der Waals surface area (Å²) in [6.45, 7) is 0. The lowest BCUT2D eigenvalue weighted by Crippen LogP contribution is -1.94. The van der Waals surface area contributed by atoms with Crippen molar-refractivity contribution in [3.05, 3.63) is 43.7 Å². The van der Waals surface area contributed by atoms with Crippen molar-refractivity contribution in [3.8, 4) is 0 Å². The second-order valence-corrected chi connectivity index (χ2v) is 3.41. The van der Waals surface area contributed by atoms with Gasteiger partial charge in [-0.25, -0.2) is 0 Å². The molecule has 0 aliphatic carbocycles. The number of azide groups is 1. The van der Waals surface area contributed by atoms with E-state index < -0.39 is 5.91 Å². The number of carbonyl (C=O) groups is 1. The van der Waals surface area contributed by atoms with Gasteiger partial charge in [0.25, 0.3) is 0 Å². The van der Waals surface area contributed by atoms with Gasteiger partial charge in [0, 0.05) is 20.0 Å². The Morgan fingerprint density at radius 1 is 1.62 bits per heavy atom. The first-order valence-corrected chi connectivity index (χ1v) is 4.36. The van der Waals surface area contributed by atoms with Crippen molar-refractivity contribution < 1.29 is 4.79 Å². The molecule has 6 heteroatoms. The summed E-state index contributed by atoms with van der Waals surface area (Å²) < 4.78 is 0.511. The van der Waals surface area contributed by atoms with Crippen LogP contribution in [-0.2, 0) is 0 Å². The van der Waals surface area contributed by atoms with Crippen LogP contribution in [0.4, 0.5) is 0 Å². The van der Waals surface area contributed by atoms with Crippen LogP contribution in [0.5, 0.6) is 0 Å². The fourth-order valence-corrected chi connectivity index (χ4v) is 1.61. The Hall–Kier alpha value is -1.03. The highest BCUT2D eigenvalue weighted by atomic mass is 79.9. The minimum atomic E-state index is -0.633. The number of hydrogen-bond acceptors (Lipinski definition) is 1. The number of benzene rings is 1. The van der Waals surface area contributed by atoms with Crippen LogP contribution in [0.1, 0.15) is 10.4 Å². The van der Waals surface area contributed by atoms with Crippen molar-refractivity contribution in [3.63, 3.8) is 0 Å². The van der Waals surface area contributed by atoms with E-state index in [0.717, 1.165) is 0 Å². The molecule has 0 saturated heterocycles. The second-order valence-electron chi connectivity index (χ2n) is 2.12. The highest BCUT2D eigenvalue weighted by Gasteiger charge is 2.07. The first-order valence-electron chi connectivity index (χ1n) is 3.19. The molecule has 1 aromatic rings. The maximum Gasteiger partial charge on any atom is 0.250 e. The van der Waals surface area contributed by atoms with Crippen molar-refractivity contribution >= 4 is 33.4 Å². The third-order valence-electron chi connectivity index (χ3n) is 1.30. The van der Waals surface area contributed by atoms with Gasteiger partial charge in [0.05, 0.1) is 0 Å². The van der Waals surface area contributed by atoms with Crippen molar-refractivity contribution in [1.29, 1.82) is 0 Å². The number of amides is 1. The van der Waals surface area contributed by atoms with Crippen LogP contribution in [-0.4, -0.2) is 5.91 Å². The zero-order valence-electron chi connectivity index (χ0n) is 6.24. The molecule has 0 spiro atoms. The molecular weight excluding hydrogens is 257 g/mol. The molecule has 0 radical (unpaired) electrons. The number of nitrogens with zero attached hydrogens (tertiary/aromatic N) is 3. The van der Waals surface area contributed by atoms with E-state index in [1.165, 1.54) is 6.07 Å². The van der Waals surface area contributed by atoms with E-state index in [2.05, 4.69) is 26.0 Å². The Kier molecular flexibility index (Phi) is 3.31. The SMILES string of the molecule is [N-]=[N+]=NC(=O)c1ccc(Cl)cc1Br. The van der Waals surface area contributed by atoms with Gasteiger partial charge in [0.2, 0.25) is 5.91 Å². The molecule has 1 amide bonds. The Morgan fingerprint density at radius 2 is 2.31 bits per heavy atom. The Balaban J connectivity index is 3.16. The maximum atomic E-state index is 11.1. The third-order valence-corrected chi connectivity index (χ3v) is 2.19. The first kappa shape index (κ1) is 10.1. The smallest absolute Gasteiger partial charge is 0.250 e. The van der Waals surface area contributed by atoms with Gasteiger partial charge in [-0.1, -0.05) is 11.6 Å².